The second-order valence-corrected chi connectivity index (χ2v) is 5.36. The van der Waals surface area contributed by atoms with Gasteiger partial charge in [-0.3, -0.25) is 0 Å². The van der Waals surface area contributed by atoms with Crippen LogP contribution in [0.4, 0.5) is 0 Å². The van der Waals surface area contributed by atoms with Crippen LogP contribution in [0, 0.1) is 5.92 Å². The molecule has 1 saturated carbocycles. The van der Waals surface area contributed by atoms with Gasteiger partial charge in [-0.1, -0.05) is 40.9 Å². The molecule has 2 rings (SSSR count). The lowest BCUT2D eigenvalue weighted by Crippen LogP contribution is -2.20. The SMILES string of the molecule is OC(Cc1ccc(Br)cc1)C1CCCC1. The van der Waals surface area contributed by atoms with Gasteiger partial charge in [0.05, 0.1) is 6.10 Å². The van der Waals surface area contributed by atoms with Crippen LogP contribution in [0.2, 0.25) is 0 Å². The van der Waals surface area contributed by atoms with Crippen LogP contribution in [0.3, 0.4) is 0 Å². The molecule has 1 nitrogen and oxygen atoms in total. The van der Waals surface area contributed by atoms with Crippen molar-refractivity contribution in [2.75, 3.05) is 0 Å². The molecule has 0 amide bonds. The van der Waals surface area contributed by atoms with Gasteiger partial charge in [-0.05, 0) is 42.9 Å². The molecule has 0 aliphatic heterocycles. The largest absolute Gasteiger partial charge is 0.392 e. The fourth-order valence-corrected chi connectivity index (χ4v) is 2.64. The van der Waals surface area contributed by atoms with Crippen LogP contribution in [0.25, 0.3) is 0 Å². The summed E-state index contributed by atoms with van der Waals surface area (Å²) < 4.78 is 1.10. The van der Waals surface area contributed by atoms with Crippen LogP contribution in [0.15, 0.2) is 28.7 Å². The summed E-state index contributed by atoms with van der Waals surface area (Å²) in [6.07, 6.45) is 5.66. The smallest absolute Gasteiger partial charge is 0.0608 e. The van der Waals surface area contributed by atoms with Crippen LogP contribution in [0.1, 0.15) is 31.2 Å². The minimum Gasteiger partial charge on any atom is -0.392 e. The van der Waals surface area contributed by atoms with Crippen LogP contribution >= 0.6 is 15.9 Å². The van der Waals surface area contributed by atoms with E-state index in [1.807, 2.05) is 12.1 Å². The van der Waals surface area contributed by atoms with Gasteiger partial charge in [0.1, 0.15) is 0 Å². The molecular weight excluding hydrogens is 252 g/mol. The molecule has 1 aliphatic rings. The van der Waals surface area contributed by atoms with Gasteiger partial charge in [0.15, 0.2) is 0 Å². The standard InChI is InChI=1S/C13H17BrO/c14-12-7-5-10(6-8-12)9-13(15)11-3-1-2-4-11/h5-8,11,13,15H,1-4,9H2. The third-order valence-electron chi connectivity index (χ3n) is 3.30. The molecule has 0 saturated heterocycles. The Morgan fingerprint density at radius 1 is 1.20 bits per heavy atom. The molecule has 0 spiro atoms. The molecule has 0 aromatic heterocycles. The van der Waals surface area contributed by atoms with Crippen molar-refractivity contribution in [2.24, 2.45) is 5.92 Å². The molecule has 0 radical (unpaired) electrons. The van der Waals surface area contributed by atoms with Crippen molar-refractivity contribution >= 4 is 15.9 Å². The van der Waals surface area contributed by atoms with Crippen molar-refractivity contribution in [3.63, 3.8) is 0 Å². The Morgan fingerprint density at radius 3 is 2.40 bits per heavy atom. The van der Waals surface area contributed by atoms with Crippen LogP contribution < -0.4 is 0 Å². The summed E-state index contributed by atoms with van der Waals surface area (Å²) in [5.74, 6) is 0.536. The van der Waals surface area contributed by atoms with E-state index in [0.29, 0.717) is 5.92 Å². The van der Waals surface area contributed by atoms with E-state index >= 15 is 0 Å². The number of hydrogen-bond acceptors (Lipinski definition) is 1. The maximum Gasteiger partial charge on any atom is 0.0608 e. The summed E-state index contributed by atoms with van der Waals surface area (Å²) in [5.41, 5.74) is 1.23. The molecule has 82 valence electrons. The third kappa shape index (κ3) is 3.05. The summed E-state index contributed by atoms with van der Waals surface area (Å²) in [6, 6.07) is 8.25. The lowest BCUT2D eigenvalue weighted by molar-refractivity contribution is 0.111. The lowest BCUT2D eigenvalue weighted by Gasteiger charge is -2.17. The summed E-state index contributed by atoms with van der Waals surface area (Å²) in [4.78, 5) is 0. The fraction of sp³-hybridized carbons (Fsp3) is 0.538. The highest BCUT2D eigenvalue weighted by Crippen LogP contribution is 2.29. The quantitative estimate of drug-likeness (QED) is 0.889. The van der Waals surface area contributed by atoms with Crippen LogP contribution in [-0.2, 0) is 6.42 Å². The Kier molecular flexibility index (Phi) is 3.81. The first kappa shape index (κ1) is 11.2. The zero-order valence-corrected chi connectivity index (χ0v) is 10.4. The van der Waals surface area contributed by atoms with Crippen molar-refractivity contribution in [1.82, 2.24) is 0 Å². The maximum atomic E-state index is 10.1. The predicted molar refractivity (Wildman–Crippen MR) is 65.8 cm³/mol. The predicted octanol–water partition coefficient (Wildman–Crippen LogP) is 3.54. The zero-order valence-electron chi connectivity index (χ0n) is 8.82. The van der Waals surface area contributed by atoms with Crippen LogP contribution in [-0.4, -0.2) is 11.2 Å². The van der Waals surface area contributed by atoms with Gasteiger partial charge in [-0.25, -0.2) is 0 Å². The molecule has 1 aromatic rings. The molecule has 0 bridgehead atoms. The van der Waals surface area contributed by atoms with E-state index in [9.17, 15) is 5.11 Å². The number of hydrogen-bond donors (Lipinski definition) is 1. The molecule has 1 unspecified atom stereocenters. The van der Waals surface area contributed by atoms with E-state index in [-0.39, 0.29) is 6.10 Å². The Bertz CT molecular complexity index is 301. The first-order valence-electron chi connectivity index (χ1n) is 5.68. The molecule has 0 heterocycles. The molecule has 1 N–H and O–H groups in total. The summed E-state index contributed by atoms with van der Waals surface area (Å²) >= 11 is 3.42. The van der Waals surface area contributed by atoms with Gasteiger partial charge in [-0.15, -0.1) is 0 Å². The molecule has 15 heavy (non-hydrogen) atoms. The fourth-order valence-electron chi connectivity index (χ4n) is 2.37. The van der Waals surface area contributed by atoms with E-state index < -0.39 is 0 Å². The maximum absolute atomic E-state index is 10.1. The lowest BCUT2D eigenvalue weighted by atomic mass is 9.95. The minimum absolute atomic E-state index is 0.145. The molecule has 1 fully saturated rings. The van der Waals surface area contributed by atoms with Gasteiger partial charge in [-0.2, -0.15) is 0 Å². The average molecular weight is 269 g/mol. The Hall–Kier alpha value is -0.340. The summed E-state index contributed by atoms with van der Waals surface area (Å²) in [7, 11) is 0. The van der Waals surface area contributed by atoms with E-state index in [1.165, 1.54) is 31.2 Å². The van der Waals surface area contributed by atoms with Gasteiger partial charge < -0.3 is 5.11 Å². The highest BCUT2D eigenvalue weighted by Gasteiger charge is 2.22. The monoisotopic (exact) mass is 268 g/mol. The summed E-state index contributed by atoms with van der Waals surface area (Å²) in [6.45, 7) is 0. The van der Waals surface area contributed by atoms with E-state index in [2.05, 4.69) is 28.1 Å². The van der Waals surface area contributed by atoms with E-state index in [1.54, 1.807) is 0 Å². The average Bonchev–Trinajstić information content (AvgIpc) is 2.74. The van der Waals surface area contributed by atoms with E-state index in [4.69, 9.17) is 0 Å². The number of halogens is 1. The minimum atomic E-state index is -0.145. The second-order valence-electron chi connectivity index (χ2n) is 4.44. The normalized spacial score (nSPS) is 19.3. The van der Waals surface area contributed by atoms with Gasteiger partial charge in [0.25, 0.3) is 0 Å². The highest BCUT2D eigenvalue weighted by atomic mass is 79.9. The van der Waals surface area contributed by atoms with Crippen molar-refractivity contribution in [1.29, 1.82) is 0 Å². The highest BCUT2D eigenvalue weighted by molar-refractivity contribution is 9.10. The number of rotatable bonds is 3. The van der Waals surface area contributed by atoms with Gasteiger partial charge >= 0.3 is 0 Å². The first-order chi connectivity index (χ1) is 7.25. The number of benzene rings is 1. The van der Waals surface area contributed by atoms with Crippen LogP contribution in [0.5, 0.6) is 0 Å². The number of aliphatic hydroxyl groups excluding tert-OH is 1. The van der Waals surface area contributed by atoms with Gasteiger partial charge in [0, 0.05) is 4.47 Å². The Balaban J connectivity index is 1.92. The molecule has 1 aromatic carbocycles. The topological polar surface area (TPSA) is 20.2 Å². The molecule has 2 heteroatoms. The van der Waals surface area contributed by atoms with Crippen molar-refractivity contribution in [2.45, 2.75) is 38.2 Å². The Morgan fingerprint density at radius 2 is 1.80 bits per heavy atom. The van der Waals surface area contributed by atoms with Crippen molar-refractivity contribution in [3.8, 4) is 0 Å². The second kappa shape index (κ2) is 5.13. The zero-order chi connectivity index (χ0) is 10.7. The molecule has 1 aliphatic carbocycles. The van der Waals surface area contributed by atoms with Gasteiger partial charge in [0.2, 0.25) is 0 Å². The number of aliphatic hydroxyl groups is 1. The Labute approximate surface area is 99.6 Å². The van der Waals surface area contributed by atoms with Crippen molar-refractivity contribution in [3.05, 3.63) is 34.3 Å². The third-order valence-corrected chi connectivity index (χ3v) is 3.83. The first-order valence-corrected chi connectivity index (χ1v) is 6.47. The van der Waals surface area contributed by atoms with E-state index in [0.717, 1.165) is 10.9 Å². The summed E-state index contributed by atoms with van der Waals surface area (Å²) in [5, 5.41) is 10.1. The molecule has 1 atom stereocenters. The molecular formula is C13H17BrO. The van der Waals surface area contributed by atoms with Crippen molar-refractivity contribution < 1.29 is 5.11 Å².